The van der Waals surface area contributed by atoms with Crippen molar-refractivity contribution in [2.75, 3.05) is 62.2 Å². The van der Waals surface area contributed by atoms with Crippen LogP contribution in [0.3, 0.4) is 0 Å². The molecule has 56 heavy (non-hydrogen) atoms. The largest absolute Gasteiger partial charge is 0.369 e. The Morgan fingerprint density at radius 3 is 1.46 bits per heavy atom. The monoisotopic (exact) mass is 772 g/mol. The summed E-state index contributed by atoms with van der Waals surface area (Å²) >= 11 is 6.37. The van der Waals surface area contributed by atoms with Crippen LogP contribution in [0, 0.1) is 6.92 Å². The number of piperazine rings is 2. The summed E-state index contributed by atoms with van der Waals surface area (Å²) < 4.78 is 7.59. The standard InChI is InChI=1S/C23H27ClN4O.C22H26N4O/c1-3-19-22(25(2)28(23(19)29)18-9-5-4-6-10-18)17-26-13-15-27(16-14-26)21-12-8-7-11-20(21)24;1-18-21(23(2)26(22(18)27)20-11-7-4-8-12-20)17-24-13-15-25(16-14-24)19-9-5-3-6-10-19/h4-12H,3,13-17H2,1-2H3;3-12H,13-17H2,1-2H3. The van der Waals surface area contributed by atoms with Crippen molar-refractivity contribution in [2.45, 2.75) is 33.4 Å². The maximum Gasteiger partial charge on any atom is 0.274 e. The van der Waals surface area contributed by atoms with Crippen LogP contribution in [0.25, 0.3) is 11.4 Å². The van der Waals surface area contributed by atoms with E-state index < -0.39 is 0 Å². The van der Waals surface area contributed by atoms with Crippen molar-refractivity contribution in [2.24, 2.45) is 14.1 Å². The molecule has 2 fully saturated rings. The van der Waals surface area contributed by atoms with Crippen LogP contribution in [0.15, 0.2) is 125 Å². The number of hydrogen-bond donors (Lipinski definition) is 0. The molecule has 0 atom stereocenters. The Morgan fingerprint density at radius 2 is 0.946 bits per heavy atom. The molecule has 8 rings (SSSR count). The van der Waals surface area contributed by atoms with Gasteiger partial charge in [0.25, 0.3) is 11.1 Å². The average Bonchev–Trinajstić information content (AvgIpc) is 3.60. The molecule has 6 aromatic rings. The molecule has 4 heterocycles. The van der Waals surface area contributed by atoms with Gasteiger partial charge < -0.3 is 9.80 Å². The molecule has 0 saturated carbocycles. The number of hydrogen-bond acceptors (Lipinski definition) is 6. The highest BCUT2D eigenvalue weighted by atomic mass is 35.5. The molecule has 2 aliphatic rings. The van der Waals surface area contributed by atoms with Gasteiger partial charge in [-0.2, -0.15) is 0 Å². The number of nitrogens with zero attached hydrogens (tertiary/aromatic N) is 8. The van der Waals surface area contributed by atoms with Gasteiger partial charge in [0.05, 0.1) is 33.5 Å². The van der Waals surface area contributed by atoms with Crippen molar-refractivity contribution >= 4 is 23.0 Å². The number of aromatic nitrogens is 4. The third-order valence-electron chi connectivity index (χ3n) is 11.3. The molecule has 0 spiro atoms. The van der Waals surface area contributed by atoms with Gasteiger partial charge in [-0.3, -0.25) is 28.8 Å². The summed E-state index contributed by atoms with van der Waals surface area (Å²) in [5, 5.41) is 0.802. The quantitative estimate of drug-likeness (QED) is 0.167. The Balaban J connectivity index is 0.000000172. The van der Waals surface area contributed by atoms with E-state index in [9.17, 15) is 9.59 Å². The highest BCUT2D eigenvalue weighted by molar-refractivity contribution is 6.33. The van der Waals surface area contributed by atoms with Gasteiger partial charge in [-0.1, -0.05) is 85.3 Å². The Kier molecular flexibility index (Phi) is 12.3. The van der Waals surface area contributed by atoms with Gasteiger partial charge in [0.1, 0.15) is 0 Å². The van der Waals surface area contributed by atoms with Crippen molar-refractivity contribution in [1.82, 2.24) is 28.5 Å². The SMILES string of the molecule is CCc1c(CN2CCN(c3ccccc3Cl)CC2)n(C)n(-c2ccccc2)c1=O.Cc1c(CN2CCN(c3ccccc3)CC2)n(C)n(-c2ccccc2)c1=O. The van der Waals surface area contributed by atoms with Gasteiger partial charge in [-0.05, 0) is 61.9 Å². The van der Waals surface area contributed by atoms with Crippen molar-refractivity contribution < 1.29 is 0 Å². The van der Waals surface area contributed by atoms with Crippen molar-refractivity contribution in [3.63, 3.8) is 0 Å². The molecule has 2 aliphatic heterocycles. The minimum absolute atomic E-state index is 0.0709. The molecule has 0 aliphatic carbocycles. The molecule has 292 valence electrons. The fraction of sp³-hybridized carbons (Fsp3) is 0.333. The Labute approximate surface area is 334 Å². The van der Waals surface area contributed by atoms with Crippen LogP contribution < -0.4 is 20.9 Å². The molecule has 4 aromatic carbocycles. The first-order chi connectivity index (χ1) is 27.2. The van der Waals surface area contributed by atoms with Crippen LogP contribution in [-0.4, -0.2) is 80.9 Å². The number of benzene rings is 4. The number of halogens is 1. The molecular weight excluding hydrogens is 720 g/mol. The van der Waals surface area contributed by atoms with Gasteiger partial charge in [-0.15, -0.1) is 0 Å². The molecule has 2 saturated heterocycles. The summed E-state index contributed by atoms with van der Waals surface area (Å²) in [6.45, 7) is 13.4. The maximum absolute atomic E-state index is 13.1. The van der Waals surface area contributed by atoms with Gasteiger partial charge in [-0.25, -0.2) is 9.36 Å². The Hall–Kier alpha value is -5.29. The molecule has 0 N–H and O–H groups in total. The minimum atomic E-state index is 0.0709. The average molecular weight is 773 g/mol. The molecule has 2 aromatic heterocycles. The van der Waals surface area contributed by atoms with Crippen molar-refractivity contribution in [3.05, 3.63) is 164 Å². The van der Waals surface area contributed by atoms with E-state index in [1.165, 1.54) is 5.69 Å². The van der Waals surface area contributed by atoms with Gasteiger partial charge in [0.2, 0.25) is 0 Å². The summed E-state index contributed by atoms with van der Waals surface area (Å²) in [5.74, 6) is 0. The molecule has 10 nitrogen and oxygen atoms in total. The first-order valence-electron chi connectivity index (χ1n) is 19.7. The highest BCUT2D eigenvalue weighted by Crippen LogP contribution is 2.27. The van der Waals surface area contributed by atoms with Crippen LogP contribution in [0.1, 0.15) is 29.4 Å². The fourth-order valence-electron chi connectivity index (χ4n) is 8.06. The van der Waals surface area contributed by atoms with Gasteiger partial charge in [0.15, 0.2) is 0 Å². The highest BCUT2D eigenvalue weighted by Gasteiger charge is 2.24. The summed E-state index contributed by atoms with van der Waals surface area (Å²) in [6, 6.07) is 38.3. The molecule has 0 bridgehead atoms. The third-order valence-corrected chi connectivity index (χ3v) is 11.6. The lowest BCUT2D eigenvalue weighted by atomic mass is 10.1. The summed E-state index contributed by atoms with van der Waals surface area (Å²) in [4.78, 5) is 35.5. The van der Waals surface area contributed by atoms with Crippen LogP contribution in [0.2, 0.25) is 5.02 Å². The van der Waals surface area contributed by atoms with Gasteiger partial charge >= 0.3 is 0 Å². The predicted molar refractivity (Wildman–Crippen MR) is 229 cm³/mol. The lowest BCUT2D eigenvalue weighted by Gasteiger charge is -2.36. The van der Waals surface area contributed by atoms with E-state index in [-0.39, 0.29) is 11.1 Å². The third kappa shape index (κ3) is 8.28. The molecule has 0 unspecified atom stereocenters. The van der Waals surface area contributed by atoms with Crippen molar-refractivity contribution in [1.29, 1.82) is 0 Å². The number of anilines is 2. The van der Waals surface area contributed by atoms with Crippen molar-refractivity contribution in [3.8, 4) is 11.4 Å². The number of rotatable bonds is 9. The van der Waals surface area contributed by atoms with E-state index in [0.717, 1.165) is 116 Å². The van der Waals surface area contributed by atoms with E-state index in [1.54, 1.807) is 9.36 Å². The zero-order valence-corrected chi connectivity index (χ0v) is 33.8. The molecule has 0 amide bonds. The predicted octanol–water partition coefficient (Wildman–Crippen LogP) is 6.52. The van der Waals surface area contributed by atoms with Crippen LogP contribution >= 0.6 is 11.6 Å². The zero-order valence-electron chi connectivity index (χ0n) is 33.0. The Morgan fingerprint density at radius 1 is 0.518 bits per heavy atom. The van der Waals surface area contributed by atoms with E-state index in [4.69, 9.17) is 11.6 Å². The number of para-hydroxylation sites is 4. The second-order valence-corrected chi connectivity index (χ2v) is 15.0. The smallest absolute Gasteiger partial charge is 0.274 e. The van der Waals surface area contributed by atoms with Gasteiger partial charge in [0, 0.05) is 96.4 Å². The normalized spacial score (nSPS) is 15.2. The molecule has 0 radical (unpaired) electrons. The Bertz CT molecular complexity index is 2320. The maximum atomic E-state index is 13.1. The van der Waals surface area contributed by atoms with E-state index in [0.29, 0.717) is 0 Å². The lowest BCUT2D eigenvalue weighted by molar-refractivity contribution is 0.242. The van der Waals surface area contributed by atoms with E-state index in [1.807, 2.05) is 109 Å². The van der Waals surface area contributed by atoms with Crippen LogP contribution in [-0.2, 0) is 33.6 Å². The molecule has 11 heteroatoms. The minimum Gasteiger partial charge on any atom is -0.369 e. The second kappa shape index (κ2) is 17.7. The van der Waals surface area contributed by atoms with Crippen LogP contribution in [0.4, 0.5) is 11.4 Å². The summed E-state index contributed by atoms with van der Waals surface area (Å²) in [5.41, 5.74) is 8.31. The summed E-state index contributed by atoms with van der Waals surface area (Å²) in [6.07, 6.45) is 0.738. The topological polar surface area (TPSA) is 66.8 Å². The van der Waals surface area contributed by atoms with E-state index >= 15 is 0 Å². The molecular formula is C45H53ClN8O2. The first kappa shape index (κ1) is 39.0. The zero-order chi connectivity index (χ0) is 39.2. The van der Waals surface area contributed by atoms with E-state index in [2.05, 4.69) is 62.9 Å². The first-order valence-corrected chi connectivity index (χ1v) is 20.0. The van der Waals surface area contributed by atoms with Crippen LogP contribution in [0.5, 0.6) is 0 Å². The summed E-state index contributed by atoms with van der Waals surface area (Å²) in [7, 11) is 3.97. The lowest BCUT2D eigenvalue weighted by Crippen LogP contribution is -2.46. The second-order valence-electron chi connectivity index (χ2n) is 14.6. The fourth-order valence-corrected chi connectivity index (χ4v) is 8.32.